The Morgan fingerprint density at radius 3 is 2.65 bits per heavy atom. The van der Waals surface area contributed by atoms with Crippen LogP contribution in [0.25, 0.3) is 0 Å². The fourth-order valence-corrected chi connectivity index (χ4v) is 2.07. The van der Waals surface area contributed by atoms with Gasteiger partial charge in [-0.05, 0) is 24.1 Å². The minimum Gasteiger partial charge on any atom is -0.481 e. The number of aliphatic carboxylic acids is 1. The predicted octanol–water partition coefficient (Wildman–Crippen LogP) is 2.52. The van der Waals surface area contributed by atoms with E-state index in [1.165, 1.54) is 0 Å². The molecule has 0 bridgehead atoms. The second kappa shape index (κ2) is 6.02. The zero-order valence-corrected chi connectivity index (χ0v) is 11.3. The molecule has 4 nitrogen and oxygen atoms in total. The minimum absolute atomic E-state index is 0.00806. The van der Waals surface area contributed by atoms with Crippen molar-refractivity contribution in [1.29, 1.82) is 0 Å². The molecule has 0 aliphatic rings. The Morgan fingerprint density at radius 2 is 2.18 bits per heavy atom. The molecule has 1 aromatic carbocycles. The highest BCUT2D eigenvalue weighted by Gasteiger charge is 2.28. The zero-order valence-electron chi connectivity index (χ0n) is 8.94. The summed E-state index contributed by atoms with van der Waals surface area (Å²) >= 11 is 9.19. The van der Waals surface area contributed by atoms with Crippen LogP contribution in [0.3, 0.4) is 0 Å². The second-order valence-corrected chi connectivity index (χ2v) is 4.68. The van der Waals surface area contributed by atoms with Crippen molar-refractivity contribution in [3.63, 3.8) is 0 Å². The monoisotopic (exact) mass is 320 g/mol. The van der Waals surface area contributed by atoms with Gasteiger partial charge < -0.3 is 9.84 Å². The van der Waals surface area contributed by atoms with Crippen LogP contribution in [-0.2, 0) is 20.7 Å². The van der Waals surface area contributed by atoms with Crippen LogP contribution in [0.1, 0.15) is 5.56 Å². The average molecular weight is 322 g/mol. The molecule has 0 fully saturated rings. The molecule has 1 atom stereocenters. The Bertz CT molecular complexity index is 447. The lowest BCUT2D eigenvalue weighted by Crippen LogP contribution is -2.27. The van der Waals surface area contributed by atoms with Gasteiger partial charge in [-0.2, -0.15) is 0 Å². The SMILES string of the molecule is COC(=O)C(Cc1ccc(Br)cc1Cl)C(=O)O. The molecule has 92 valence electrons. The van der Waals surface area contributed by atoms with Gasteiger partial charge in [-0.3, -0.25) is 9.59 Å². The van der Waals surface area contributed by atoms with E-state index < -0.39 is 17.9 Å². The highest BCUT2D eigenvalue weighted by atomic mass is 79.9. The summed E-state index contributed by atoms with van der Waals surface area (Å²) in [6.07, 6.45) is 0.00806. The van der Waals surface area contributed by atoms with Gasteiger partial charge in [0.25, 0.3) is 0 Å². The summed E-state index contributed by atoms with van der Waals surface area (Å²) in [5.74, 6) is -3.24. The van der Waals surface area contributed by atoms with Crippen molar-refractivity contribution < 1.29 is 19.4 Å². The van der Waals surface area contributed by atoms with Crippen molar-refractivity contribution >= 4 is 39.5 Å². The molecule has 0 saturated carbocycles. The first-order chi connectivity index (χ1) is 7.95. The number of hydrogen-bond donors (Lipinski definition) is 1. The van der Waals surface area contributed by atoms with Crippen LogP contribution < -0.4 is 0 Å². The van der Waals surface area contributed by atoms with E-state index in [-0.39, 0.29) is 6.42 Å². The Morgan fingerprint density at radius 1 is 1.53 bits per heavy atom. The van der Waals surface area contributed by atoms with Gasteiger partial charge in [0.2, 0.25) is 0 Å². The molecule has 1 aromatic rings. The molecule has 0 heterocycles. The molecule has 0 saturated heterocycles. The number of hydrogen-bond acceptors (Lipinski definition) is 3. The lowest BCUT2D eigenvalue weighted by Gasteiger charge is -2.11. The van der Waals surface area contributed by atoms with Crippen molar-refractivity contribution in [3.8, 4) is 0 Å². The van der Waals surface area contributed by atoms with Crippen molar-refractivity contribution in [2.75, 3.05) is 7.11 Å². The van der Waals surface area contributed by atoms with E-state index in [0.717, 1.165) is 11.6 Å². The average Bonchev–Trinajstić information content (AvgIpc) is 2.26. The summed E-state index contributed by atoms with van der Waals surface area (Å²) in [5, 5.41) is 9.34. The Kier molecular flexibility index (Phi) is 4.96. The summed E-state index contributed by atoms with van der Waals surface area (Å²) in [5.41, 5.74) is 0.590. The summed E-state index contributed by atoms with van der Waals surface area (Å²) in [7, 11) is 1.15. The fraction of sp³-hybridized carbons (Fsp3) is 0.273. The number of carbonyl (C=O) groups is 2. The Hall–Kier alpha value is -1.07. The van der Waals surface area contributed by atoms with Crippen LogP contribution in [0.5, 0.6) is 0 Å². The van der Waals surface area contributed by atoms with Gasteiger partial charge in [-0.25, -0.2) is 0 Å². The maximum absolute atomic E-state index is 11.3. The van der Waals surface area contributed by atoms with Gasteiger partial charge in [0.05, 0.1) is 7.11 Å². The second-order valence-electron chi connectivity index (χ2n) is 3.35. The van der Waals surface area contributed by atoms with Crippen LogP contribution in [0.15, 0.2) is 22.7 Å². The maximum Gasteiger partial charge on any atom is 0.320 e. The largest absolute Gasteiger partial charge is 0.481 e. The summed E-state index contributed by atoms with van der Waals surface area (Å²) in [4.78, 5) is 22.2. The number of esters is 1. The first-order valence-corrected chi connectivity index (χ1v) is 5.87. The molecule has 0 aromatic heterocycles. The lowest BCUT2D eigenvalue weighted by atomic mass is 9.99. The quantitative estimate of drug-likeness (QED) is 0.684. The van der Waals surface area contributed by atoms with Crippen LogP contribution in [0.4, 0.5) is 0 Å². The van der Waals surface area contributed by atoms with Gasteiger partial charge in [-0.1, -0.05) is 33.6 Å². The summed E-state index contributed by atoms with van der Waals surface area (Å²) < 4.78 is 5.23. The number of carboxylic acid groups (broad SMARTS) is 1. The van der Waals surface area contributed by atoms with Crippen LogP contribution in [-0.4, -0.2) is 24.2 Å². The number of benzene rings is 1. The van der Waals surface area contributed by atoms with Crippen molar-refractivity contribution in [2.24, 2.45) is 5.92 Å². The Balaban J connectivity index is 2.94. The summed E-state index contributed by atoms with van der Waals surface area (Å²) in [6, 6.07) is 5.05. The lowest BCUT2D eigenvalue weighted by molar-refractivity contribution is -0.156. The van der Waals surface area contributed by atoms with E-state index in [1.54, 1.807) is 18.2 Å². The number of methoxy groups -OCH3 is 1. The van der Waals surface area contributed by atoms with Crippen LogP contribution in [0, 0.1) is 5.92 Å². The van der Waals surface area contributed by atoms with Gasteiger partial charge in [0.1, 0.15) is 0 Å². The van der Waals surface area contributed by atoms with E-state index >= 15 is 0 Å². The molecule has 0 radical (unpaired) electrons. The van der Waals surface area contributed by atoms with Gasteiger partial charge >= 0.3 is 11.9 Å². The third-order valence-corrected chi connectivity index (χ3v) is 3.07. The smallest absolute Gasteiger partial charge is 0.320 e. The molecule has 1 unspecified atom stereocenters. The zero-order chi connectivity index (χ0) is 13.0. The number of carboxylic acids is 1. The molecule has 0 aliphatic heterocycles. The molecular formula is C11H10BrClO4. The number of rotatable bonds is 4. The minimum atomic E-state index is -1.24. The highest BCUT2D eigenvalue weighted by Crippen LogP contribution is 2.24. The number of halogens is 2. The topological polar surface area (TPSA) is 63.6 Å². The van der Waals surface area contributed by atoms with Crippen LogP contribution >= 0.6 is 27.5 Å². The molecule has 0 spiro atoms. The van der Waals surface area contributed by atoms with Crippen molar-refractivity contribution in [3.05, 3.63) is 33.3 Å². The first-order valence-electron chi connectivity index (χ1n) is 4.70. The third-order valence-electron chi connectivity index (χ3n) is 2.22. The molecule has 17 heavy (non-hydrogen) atoms. The third kappa shape index (κ3) is 3.71. The van der Waals surface area contributed by atoms with E-state index in [4.69, 9.17) is 16.7 Å². The molecule has 0 amide bonds. The van der Waals surface area contributed by atoms with E-state index in [0.29, 0.717) is 10.6 Å². The summed E-state index contributed by atoms with van der Waals surface area (Å²) in [6.45, 7) is 0. The van der Waals surface area contributed by atoms with E-state index in [1.807, 2.05) is 0 Å². The van der Waals surface area contributed by atoms with Crippen molar-refractivity contribution in [2.45, 2.75) is 6.42 Å². The maximum atomic E-state index is 11.3. The van der Waals surface area contributed by atoms with E-state index in [9.17, 15) is 9.59 Å². The Labute approximate surface area is 112 Å². The first kappa shape index (κ1) is 14.0. The molecule has 0 aliphatic carbocycles. The van der Waals surface area contributed by atoms with Crippen molar-refractivity contribution in [1.82, 2.24) is 0 Å². The normalized spacial score (nSPS) is 11.9. The molecular weight excluding hydrogens is 311 g/mol. The fourth-order valence-electron chi connectivity index (χ4n) is 1.32. The number of ether oxygens (including phenoxy) is 1. The molecule has 1 rings (SSSR count). The van der Waals surface area contributed by atoms with Crippen LogP contribution in [0.2, 0.25) is 5.02 Å². The van der Waals surface area contributed by atoms with Gasteiger partial charge in [0, 0.05) is 9.50 Å². The molecule has 6 heteroatoms. The highest BCUT2D eigenvalue weighted by molar-refractivity contribution is 9.10. The standard InChI is InChI=1S/C11H10BrClO4/c1-17-11(16)8(10(14)15)4-6-2-3-7(12)5-9(6)13/h2-3,5,8H,4H2,1H3,(H,14,15). The number of carbonyl (C=O) groups excluding carboxylic acids is 1. The van der Waals surface area contributed by atoms with Gasteiger partial charge in [-0.15, -0.1) is 0 Å². The van der Waals surface area contributed by atoms with E-state index in [2.05, 4.69) is 20.7 Å². The predicted molar refractivity (Wildman–Crippen MR) is 66.0 cm³/mol. The van der Waals surface area contributed by atoms with Gasteiger partial charge in [0.15, 0.2) is 5.92 Å². The molecule has 1 N–H and O–H groups in total.